The van der Waals surface area contributed by atoms with Crippen LogP contribution in [-0.2, 0) is 21.1 Å². The number of hydrogen-bond donors (Lipinski definition) is 1. The molecule has 3 saturated heterocycles. The monoisotopic (exact) mass is 469 g/mol. The Balaban J connectivity index is 1.11. The summed E-state index contributed by atoms with van der Waals surface area (Å²) in [4.78, 5) is 25.6. The molecule has 2 atom stereocenters. The maximum Gasteiger partial charge on any atom is 0.273 e. The predicted molar refractivity (Wildman–Crippen MR) is 118 cm³/mol. The number of Topliss-reactive ketones (excluding diaryl/α,β-unsaturated/α-hetero) is 1. The van der Waals surface area contributed by atoms with Gasteiger partial charge in [0.1, 0.15) is 16.4 Å². The van der Waals surface area contributed by atoms with Crippen molar-refractivity contribution in [3.63, 3.8) is 0 Å². The Bertz CT molecular complexity index is 1220. The average molecular weight is 470 g/mol. The van der Waals surface area contributed by atoms with E-state index in [1.807, 2.05) is 0 Å². The number of carbonyl (C=O) groups is 2. The SMILES string of the molecule is CC(=O)Cc1ccc(S(=O)(=O)C23CC4CC(NC(=O)c5cc(C6CC6)on5)CC(C2)N43)cc1. The standard InChI is InChI=1S/C24H27N3O5S/c1-14(28)8-15-2-6-20(7-3-15)33(30,31)24-12-18-9-17(10-19(13-24)27(18)24)25-23(29)21-11-22(32-26-21)16-4-5-16/h2-3,6-7,11,16-19H,4-5,8-10,12-13H2,1H3,(H,25,29). The van der Waals surface area contributed by atoms with E-state index in [1.165, 1.54) is 6.92 Å². The van der Waals surface area contributed by atoms with Crippen LogP contribution in [0.2, 0.25) is 0 Å². The van der Waals surface area contributed by atoms with Gasteiger partial charge in [-0.1, -0.05) is 17.3 Å². The number of carbonyl (C=O) groups excluding carboxylic acids is 2. The number of sulfone groups is 1. The minimum Gasteiger partial charge on any atom is -0.360 e. The smallest absolute Gasteiger partial charge is 0.273 e. The van der Waals surface area contributed by atoms with Crippen molar-refractivity contribution >= 4 is 21.5 Å². The molecule has 9 heteroatoms. The molecule has 0 spiro atoms. The zero-order chi connectivity index (χ0) is 23.0. The third kappa shape index (κ3) is 3.27. The molecule has 33 heavy (non-hydrogen) atoms. The zero-order valence-corrected chi connectivity index (χ0v) is 19.3. The Labute approximate surface area is 192 Å². The van der Waals surface area contributed by atoms with Crippen LogP contribution in [0.15, 0.2) is 39.8 Å². The highest BCUT2D eigenvalue weighted by atomic mass is 32.2. The number of ketones is 1. The lowest BCUT2D eigenvalue weighted by Gasteiger charge is -2.72. The molecule has 0 bridgehead atoms. The van der Waals surface area contributed by atoms with E-state index in [1.54, 1.807) is 30.3 Å². The van der Waals surface area contributed by atoms with Crippen LogP contribution in [0.3, 0.4) is 0 Å². The quantitative estimate of drug-likeness (QED) is 0.664. The topological polar surface area (TPSA) is 110 Å². The summed E-state index contributed by atoms with van der Waals surface area (Å²) < 4.78 is 32.2. The highest BCUT2D eigenvalue weighted by Crippen LogP contribution is 2.60. The van der Waals surface area contributed by atoms with Gasteiger partial charge in [0.2, 0.25) is 0 Å². The first-order chi connectivity index (χ1) is 15.8. The molecule has 1 amide bonds. The van der Waals surface area contributed by atoms with Crippen molar-refractivity contribution in [1.82, 2.24) is 15.4 Å². The summed E-state index contributed by atoms with van der Waals surface area (Å²) in [5.41, 5.74) is 1.15. The van der Waals surface area contributed by atoms with Crippen molar-refractivity contribution in [2.75, 3.05) is 0 Å². The van der Waals surface area contributed by atoms with Crippen molar-refractivity contribution < 1.29 is 22.5 Å². The Morgan fingerprint density at radius 3 is 2.42 bits per heavy atom. The van der Waals surface area contributed by atoms with Crippen molar-refractivity contribution in [2.45, 2.75) is 85.7 Å². The second-order valence-corrected chi connectivity index (χ2v) is 12.4. The van der Waals surface area contributed by atoms with E-state index in [-0.39, 0.29) is 29.8 Å². The molecule has 0 radical (unpaired) electrons. The van der Waals surface area contributed by atoms with Crippen LogP contribution >= 0.6 is 0 Å². The van der Waals surface area contributed by atoms with Crippen molar-refractivity contribution in [3.8, 4) is 0 Å². The molecule has 174 valence electrons. The third-order valence-corrected chi connectivity index (χ3v) is 10.2. The maximum absolute atomic E-state index is 13.5. The lowest BCUT2D eigenvalue weighted by Crippen LogP contribution is -2.84. The first-order valence-electron chi connectivity index (χ1n) is 11.7. The normalized spacial score (nSPS) is 30.6. The van der Waals surface area contributed by atoms with Crippen molar-refractivity contribution in [1.29, 1.82) is 0 Å². The van der Waals surface area contributed by atoms with E-state index < -0.39 is 14.7 Å². The van der Waals surface area contributed by atoms with Crippen LogP contribution in [0.5, 0.6) is 0 Å². The third-order valence-electron chi connectivity index (χ3n) is 7.74. The fourth-order valence-corrected chi connectivity index (χ4v) is 8.43. The summed E-state index contributed by atoms with van der Waals surface area (Å²) in [5, 5.41) is 7.01. The Hall–Kier alpha value is -2.52. The number of rotatable bonds is 7. The molecule has 4 heterocycles. The molecular weight excluding hydrogens is 442 g/mol. The highest BCUT2D eigenvalue weighted by molar-refractivity contribution is 7.93. The second-order valence-electron chi connectivity index (χ2n) is 10.1. The van der Waals surface area contributed by atoms with Gasteiger partial charge in [-0.05, 0) is 63.1 Å². The predicted octanol–water partition coefficient (Wildman–Crippen LogP) is 2.59. The van der Waals surface area contributed by atoms with Gasteiger partial charge in [-0.25, -0.2) is 8.42 Å². The lowest BCUT2D eigenvalue weighted by molar-refractivity contribution is -0.176. The van der Waals surface area contributed by atoms with Crippen LogP contribution in [0.25, 0.3) is 0 Å². The summed E-state index contributed by atoms with van der Waals surface area (Å²) in [5.74, 6) is 1.03. The second kappa shape index (κ2) is 7.24. The lowest BCUT2D eigenvalue weighted by atomic mass is 9.67. The van der Waals surface area contributed by atoms with Crippen LogP contribution in [0.1, 0.15) is 73.2 Å². The summed E-state index contributed by atoms with van der Waals surface area (Å²) in [6.45, 7) is 1.52. The molecule has 8 nitrogen and oxygen atoms in total. The molecule has 4 fully saturated rings. The maximum atomic E-state index is 13.5. The number of benzene rings is 1. The first-order valence-corrected chi connectivity index (χ1v) is 13.1. The first kappa shape index (κ1) is 21.0. The van der Waals surface area contributed by atoms with E-state index in [0.717, 1.165) is 37.0 Å². The van der Waals surface area contributed by atoms with Crippen LogP contribution in [-0.4, -0.2) is 53.2 Å². The van der Waals surface area contributed by atoms with Gasteiger partial charge in [0, 0.05) is 36.5 Å². The number of nitrogens with zero attached hydrogens (tertiary/aromatic N) is 2. The molecule has 1 aromatic carbocycles. The van der Waals surface area contributed by atoms with Gasteiger partial charge in [0.15, 0.2) is 15.5 Å². The Morgan fingerprint density at radius 2 is 1.82 bits per heavy atom. The van der Waals surface area contributed by atoms with Gasteiger partial charge in [-0.15, -0.1) is 0 Å². The molecular formula is C24H27N3O5S. The summed E-state index contributed by atoms with van der Waals surface area (Å²) in [7, 11) is -3.50. The van der Waals surface area contributed by atoms with E-state index in [0.29, 0.717) is 35.8 Å². The molecule has 1 aromatic heterocycles. The fourth-order valence-electron chi connectivity index (χ4n) is 6.10. The van der Waals surface area contributed by atoms with Crippen LogP contribution in [0.4, 0.5) is 0 Å². The van der Waals surface area contributed by atoms with Gasteiger partial charge in [-0.2, -0.15) is 0 Å². The molecule has 1 N–H and O–H groups in total. The summed E-state index contributed by atoms with van der Waals surface area (Å²) >= 11 is 0. The number of nitrogens with one attached hydrogen (secondary N) is 1. The molecule has 6 rings (SSSR count). The van der Waals surface area contributed by atoms with Gasteiger partial charge in [-0.3, -0.25) is 14.5 Å². The zero-order valence-electron chi connectivity index (χ0n) is 18.5. The van der Waals surface area contributed by atoms with Crippen molar-refractivity contribution in [3.05, 3.63) is 47.3 Å². The van der Waals surface area contributed by atoms with E-state index in [2.05, 4.69) is 15.4 Å². The molecule has 2 aromatic rings. The minimum atomic E-state index is -3.50. The molecule has 4 aliphatic rings. The van der Waals surface area contributed by atoms with Gasteiger partial charge in [0.05, 0.1) is 4.90 Å². The summed E-state index contributed by atoms with van der Waals surface area (Å²) in [6, 6.07) is 8.80. The van der Waals surface area contributed by atoms with E-state index >= 15 is 0 Å². The Morgan fingerprint density at radius 1 is 1.15 bits per heavy atom. The molecule has 1 saturated carbocycles. The highest BCUT2D eigenvalue weighted by Gasteiger charge is 2.71. The van der Waals surface area contributed by atoms with Gasteiger partial charge >= 0.3 is 0 Å². The van der Waals surface area contributed by atoms with E-state index in [9.17, 15) is 18.0 Å². The van der Waals surface area contributed by atoms with Gasteiger partial charge in [0.25, 0.3) is 5.91 Å². The minimum absolute atomic E-state index is 0.0108. The molecule has 2 unspecified atom stereocenters. The molecule has 3 aliphatic heterocycles. The molecule has 1 aliphatic carbocycles. The number of piperidine rings is 2. The fraction of sp³-hybridized carbons (Fsp3) is 0.542. The summed E-state index contributed by atoms with van der Waals surface area (Å²) in [6.07, 6.45) is 5.14. The van der Waals surface area contributed by atoms with Crippen LogP contribution in [0, 0.1) is 0 Å². The number of hydrogen-bond acceptors (Lipinski definition) is 7. The number of amides is 1. The van der Waals surface area contributed by atoms with E-state index in [4.69, 9.17) is 4.52 Å². The van der Waals surface area contributed by atoms with Gasteiger partial charge < -0.3 is 9.84 Å². The largest absolute Gasteiger partial charge is 0.360 e. The number of aromatic nitrogens is 1. The average Bonchev–Trinajstić information content (AvgIpc) is 3.46. The van der Waals surface area contributed by atoms with Crippen molar-refractivity contribution in [2.24, 2.45) is 0 Å². The van der Waals surface area contributed by atoms with Crippen LogP contribution < -0.4 is 5.32 Å². The Kier molecular flexibility index (Phi) is 4.61.